The summed E-state index contributed by atoms with van der Waals surface area (Å²) < 4.78 is 10.0. The minimum Gasteiger partial charge on any atom is -0.480 e. The molecule has 1 N–H and O–H groups in total. The maximum atomic E-state index is 12.1. The zero-order valence-corrected chi connectivity index (χ0v) is 11.8. The molecule has 0 radical (unpaired) electrons. The van der Waals surface area contributed by atoms with Crippen molar-refractivity contribution in [3.8, 4) is 11.4 Å². The predicted octanol–water partition coefficient (Wildman–Crippen LogP) is 1.34. The number of carbonyl (C=O) groups excluding carboxylic acids is 1. The molecule has 1 aliphatic carbocycles. The summed E-state index contributed by atoms with van der Waals surface area (Å²) in [4.78, 5) is 28.5. The van der Waals surface area contributed by atoms with Crippen LogP contribution in [0.5, 0.6) is 0 Å². The molecule has 8 nitrogen and oxygen atoms in total. The van der Waals surface area contributed by atoms with Gasteiger partial charge in [-0.1, -0.05) is 5.16 Å². The molecule has 2 aromatic heterocycles. The van der Waals surface area contributed by atoms with Crippen LogP contribution >= 0.6 is 0 Å². The Hall–Kier alpha value is -2.64. The highest BCUT2D eigenvalue weighted by molar-refractivity contribution is 5.82. The summed E-state index contributed by atoms with van der Waals surface area (Å²) in [6, 6.07) is 1.77. The first kappa shape index (κ1) is 14.3. The lowest BCUT2D eigenvalue weighted by Gasteiger charge is -2.19. The van der Waals surface area contributed by atoms with E-state index in [1.807, 2.05) is 0 Å². The van der Waals surface area contributed by atoms with Gasteiger partial charge in [-0.25, -0.2) is 0 Å². The zero-order chi connectivity index (χ0) is 15.5. The number of carbonyl (C=O) groups is 2. The number of carboxylic acid groups (broad SMARTS) is 1. The third-order valence-corrected chi connectivity index (χ3v) is 3.41. The second-order valence-corrected chi connectivity index (χ2v) is 5.17. The molecule has 1 saturated carbocycles. The van der Waals surface area contributed by atoms with Crippen LogP contribution in [0.15, 0.2) is 27.5 Å². The zero-order valence-electron chi connectivity index (χ0n) is 11.8. The molecule has 8 heteroatoms. The van der Waals surface area contributed by atoms with E-state index in [2.05, 4.69) is 10.1 Å². The maximum Gasteiger partial charge on any atom is 0.323 e. The third-order valence-electron chi connectivity index (χ3n) is 3.41. The van der Waals surface area contributed by atoms with Crippen LogP contribution in [0.4, 0.5) is 0 Å². The standard InChI is InChI=1S/C14H15N3O5/c18-12(17(7-13(19)20)10-1-2-10)4-3-11-15-14(16-22-11)9-5-6-21-8-9/h5-6,8,10H,1-4,7H2,(H,19,20). The normalized spacial score (nSPS) is 14.0. The number of nitrogens with zero attached hydrogens (tertiary/aromatic N) is 3. The quantitative estimate of drug-likeness (QED) is 0.821. The summed E-state index contributed by atoms with van der Waals surface area (Å²) in [7, 11) is 0. The van der Waals surface area contributed by atoms with Gasteiger partial charge >= 0.3 is 5.97 Å². The Bertz CT molecular complexity index is 660. The van der Waals surface area contributed by atoms with Gasteiger partial charge in [0.1, 0.15) is 12.8 Å². The van der Waals surface area contributed by atoms with Crippen molar-refractivity contribution in [1.29, 1.82) is 0 Å². The molecule has 0 aliphatic heterocycles. The number of rotatable bonds is 7. The average molecular weight is 305 g/mol. The average Bonchev–Trinajstić information content (AvgIpc) is 3.00. The SMILES string of the molecule is O=C(O)CN(C(=O)CCc1nc(-c2ccoc2)no1)C1CC1. The van der Waals surface area contributed by atoms with Gasteiger partial charge in [0.15, 0.2) is 0 Å². The number of aryl methyl sites for hydroxylation is 1. The molecule has 1 amide bonds. The Morgan fingerprint density at radius 3 is 2.86 bits per heavy atom. The summed E-state index contributed by atoms with van der Waals surface area (Å²) in [5.74, 6) is -0.454. The molecule has 22 heavy (non-hydrogen) atoms. The van der Waals surface area contributed by atoms with Crippen LogP contribution in [-0.2, 0) is 16.0 Å². The van der Waals surface area contributed by atoms with E-state index < -0.39 is 5.97 Å². The first-order valence-electron chi connectivity index (χ1n) is 7.00. The van der Waals surface area contributed by atoms with E-state index in [1.165, 1.54) is 17.4 Å². The highest BCUT2D eigenvalue weighted by Crippen LogP contribution is 2.27. The van der Waals surface area contributed by atoms with Crippen molar-refractivity contribution in [3.05, 3.63) is 24.5 Å². The third kappa shape index (κ3) is 3.33. The van der Waals surface area contributed by atoms with Crippen molar-refractivity contribution < 1.29 is 23.6 Å². The number of aromatic nitrogens is 2. The molecule has 0 bridgehead atoms. The van der Waals surface area contributed by atoms with Crippen LogP contribution < -0.4 is 0 Å². The van der Waals surface area contributed by atoms with Gasteiger partial charge in [-0.15, -0.1) is 0 Å². The Kier molecular flexibility index (Phi) is 3.90. The molecule has 0 atom stereocenters. The van der Waals surface area contributed by atoms with Crippen molar-refractivity contribution in [1.82, 2.24) is 15.0 Å². The Balaban J connectivity index is 1.57. The van der Waals surface area contributed by atoms with Crippen LogP contribution in [0.3, 0.4) is 0 Å². The molecular weight excluding hydrogens is 290 g/mol. The summed E-state index contributed by atoms with van der Waals surface area (Å²) in [6.07, 6.45) is 5.17. The highest BCUT2D eigenvalue weighted by atomic mass is 16.5. The predicted molar refractivity (Wildman–Crippen MR) is 72.7 cm³/mol. The molecular formula is C14H15N3O5. The van der Waals surface area contributed by atoms with Crippen molar-refractivity contribution in [2.45, 2.75) is 31.7 Å². The molecule has 3 rings (SSSR count). The van der Waals surface area contributed by atoms with E-state index >= 15 is 0 Å². The van der Waals surface area contributed by atoms with Crippen LogP contribution in [-0.4, -0.2) is 44.6 Å². The Morgan fingerprint density at radius 1 is 1.41 bits per heavy atom. The van der Waals surface area contributed by atoms with Crippen molar-refractivity contribution in [3.63, 3.8) is 0 Å². The summed E-state index contributed by atoms with van der Waals surface area (Å²) in [6.45, 7) is -0.256. The van der Waals surface area contributed by atoms with E-state index in [-0.39, 0.29) is 31.3 Å². The molecule has 0 spiro atoms. The monoisotopic (exact) mass is 305 g/mol. The van der Waals surface area contributed by atoms with E-state index in [1.54, 1.807) is 6.07 Å². The molecule has 116 valence electrons. The van der Waals surface area contributed by atoms with Crippen LogP contribution in [0.1, 0.15) is 25.2 Å². The summed E-state index contributed by atoms with van der Waals surface area (Å²) in [5, 5.41) is 12.7. The number of aliphatic carboxylic acids is 1. The van der Waals surface area contributed by atoms with Gasteiger partial charge in [-0.2, -0.15) is 4.98 Å². The van der Waals surface area contributed by atoms with Crippen LogP contribution in [0.25, 0.3) is 11.4 Å². The van der Waals surface area contributed by atoms with E-state index in [0.717, 1.165) is 12.8 Å². The van der Waals surface area contributed by atoms with E-state index in [9.17, 15) is 9.59 Å². The van der Waals surface area contributed by atoms with Gasteiger partial charge in [-0.3, -0.25) is 9.59 Å². The largest absolute Gasteiger partial charge is 0.480 e. The van der Waals surface area contributed by atoms with Gasteiger partial charge in [-0.05, 0) is 18.9 Å². The second kappa shape index (κ2) is 6.00. The Morgan fingerprint density at radius 2 is 2.23 bits per heavy atom. The molecule has 1 fully saturated rings. The van der Waals surface area contributed by atoms with Gasteiger partial charge in [0.25, 0.3) is 0 Å². The fourth-order valence-electron chi connectivity index (χ4n) is 2.18. The number of furan rings is 1. The highest BCUT2D eigenvalue weighted by Gasteiger charge is 2.33. The minimum absolute atomic E-state index is 0.0628. The topological polar surface area (TPSA) is 110 Å². The molecule has 2 aromatic rings. The second-order valence-electron chi connectivity index (χ2n) is 5.17. The molecule has 1 aliphatic rings. The molecule has 2 heterocycles. The van der Waals surface area contributed by atoms with Gasteiger partial charge in [0.05, 0.1) is 11.8 Å². The number of amides is 1. The fraction of sp³-hybridized carbons (Fsp3) is 0.429. The van der Waals surface area contributed by atoms with Crippen molar-refractivity contribution in [2.24, 2.45) is 0 Å². The number of carboxylic acids is 1. The van der Waals surface area contributed by atoms with Crippen LogP contribution in [0, 0.1) is 0 Å². The molecule has 0 unspecified atom stereocenters. The molecule has 0 saturated heterocycles. The van der Waals surface area contributed by atoms with Gasteiger partial charge in [0, 0.05) is 18.9 Å². The van der Waals surface area contributed by atoms with Crippen molar-refractivity contribution >= 4 is 11.9 Å². The smallest absolute Gasteiger partial charge is 0.323 e. The van der Waals surface area contributed by atoms with Gasteiger partial charge < -0.3 is 18.9 Å². The minimum atomic E-state index is -1.000. The fourth-order valence-corrected chi connectivity index (χ4v) is 2.18. The lowest BCUT2D eigenvalue weighted by molar-refractivity contribution is -0.144. The first-order valence-corrected chi connectivity index (χ1v) is 7.00. The van der Waals surface area contributed by atoms with Crippen molar-refractivity contribution in [2.75, 3.05) is 6.54 Å². The first-order chi connectivity index (χ1) is 10.6. The number of hydrogen-bond donors (Lipinski definition) is 1. The van der Waals surface area contributed by atoms with E-state index in [4.69, 9.17) is 14.0 Å². The summed E-state index contributed by atoms with van der Waals surface area (Å²) in [5.41, 5.74) is 0.701. The van der Waals surface area contributed by atoms with Crippen LogP contribution in [0.2, 0.25) is 0 Å². The number of hydrogen-bond acceptors (Lipinski definition) is 6. The Labute approximate surface area is 125 Å². The lowest BCUT2D eigenvalue weighted by atomic mass is 10.2. The van der Waals surface area contributed by atoms with Gasteiger partial charge in [0.2, 0.25) is 17.6 Å². The maximum absolute atomic E-state index is 12.1. The molecule has 0 aromatic carbocycles. The summed E-state index contributed by atoms with van der Waals surface area (Å²) >= 11 is 0. The lowest BCUT2D eigenvalue weighted by Crippen LogP contribution is -2.37. The van der Waals surface area contributed by atoms with E-state index in [0.29, 0.717) is 17.3 Å².